The highest BCUT2D eigenvalue weighted by Crippen LogP contribution is 2.18. The lowest BCUT2D eigenvalue weighted by Gasteiger charge is -2.32. The van der Waals surface area contributed by atoms with Crippen molar-refractivity contribution in [2.75, 3.05) is 19.7 Å². The zero-order chi connectivity index (χ0) is 14.7. The first-order valence-electron chi connectivity index (χ1n) is 7.83. The molecule has 124 valence electrons. The van der Waals surface area contributed by atoms with Crippen LogP contribution in [0.4, 0.5) is 0 Å². The normalized spacial score (nSPS) is 23.2. The van der Waals surface area contributed by atoms with Crippen LogP contribution in [-0.4, -0.2) is 52.4 Å². The second-order valence-electron chi connectivity index (χ2n) is 6.03. The monoisotopic (exact) mass is 372 g/mol. The predicted octanol–water partition coefficient (Wildman–Crippen LogP) is 1.26. The molecule has 1 unspecified atom stereocenters. The predicted molar refractivity (Wildman–Crippen MR) is 88.9 cm³/mol. The summed E-state index contributed by atoms with van der Waals surface area (Å²) in [7, 11) is 1.94. The number of amides is 1. The minimum absolute atomic E-state index is 0. The summed E-state index contributed by atoms with van der Waals surface area (Å²) < 4.78 is 7.53. The zero-order valence-corrected chi connectivity index (χ0v) is 14.7. The minimum atomic E-state index is -0.340. The van der Waals surface area contributed by atoms with Crippen LogP contribution in [-0.2, 0) is 23.1 Å². The number of nitrogens with one attached hydrogen (secondary N) is 1. The quantitative estimate of drug-likeness (QED) is 0.864. The van der Waals surface area contributed by atoms with Crippen LogP contribution >= 0.6 is 17.0 Å². The number of ether oxygens (including phenoxy) is 1. The van der Waals surface area contributed by atoms with E-state index >= 15 is 0 Å². The molecule has 0 aromatic carbocycles. The first-order valence-corrected chi connectivity index (χ1v) is 7.83. The van der Waals surface area contributed by atoms with E-state index in [1.807, 2.05) is 17.8 Å². The van der Waals surface area contributed by atoms with E-state index in [4.69, 9.17) is 4.74 Å². The van der Waals surface area contributed by atoms with Gasteiger partial charge in [-0.15, -0.1) is 17.0 Å². The van der Waals surface area contributed by atoms with Crippen LogP contribution in [0.3, 0.4) is 0 Å². The summed E-state index contributed by atoms with van der Waals surface area (Å²) in [5.41, 5.74) is 1.16. The third-order valence-electron chi connectivity index (χ3n) is 4.45. The summed E-state index contributed by atoms with van der Waals surface area (Å²) in [6.45, 7) is 2.94. The fourth-order valence-electron chi connectivity index (χ4n) is 3.15. The molecular formula is C15H25BrN4O2. The molecule has 1 aliphatic carbocycles. The van der Waals surface area contributed by atoms with Crippen LogP contribution in [0.25, 0.3) is 0 Å². The molecule has 3 rings (SSSR count). The van der Waals surface area contributed by atoms with Gasteiger partial charge in [0.1, 0.15) is 6.10 Å². The Morgan fingerprint density at radius 2 is 2.23 bits per heavy atom. The Hall–Kier alpha value is -0.920. The summed E-state index contributed by atoms with van der Waals surface area (Å²) in [5, 5.41) is 7.32. The molecule has 0 spiro atoms. The van der Waals surface area contributed by atoms with Gasteiger partial charge in [0, 0.05) is 38.9 Å². The average Bonchev–Trinajstić information content (AvgIpc) is 3.12. The molecule has 2 heterocycles. The Balaban J connectivity index is 0.00000176. The van der Waals surface area contributed by atoms with Crippen LogP contribution in [0.15, 0.2) is 12.3 Å². The van der Waals surface area contributed by atoms with E-state index in [1.165, 1.54) is 12.8 Å². The number of carbonyl (C=O) groups excluding carboxylic acids is 1. The van der Waals surface area contributed by atoms with E-state index < -0.39 is 0 Å². The number of morpholine rings is 1. The molecule has 1 N–H and O–H groups in total. The largest absolute Gasteiger partial charge is 0.366 e. The first-order chi connectivity index (χ1) is 10.2. The minimum Gasteiger partial charge on any atom is -0.366 e. The topological polar surface area (TPSA) is 59.4 Å². The first kappa shape index (κ1) is 17.4. The smallest absolute Gasteiger partial charge is 0.250 e. The van der Waals surface area contributed by atoms with E-state index in [0.717, 1.165) is 31.6 Å². The van der Waals surface area contributed by atoms with Gasteiger partial charge in [0.25, 0.3) is 5.91 Å². The average molecular weight is 373 g/mol. The van der Waals surface area contributed by atoms with Gasteiger partial charge in [-0.25, -0.2) is 0 Å². The molecule has 0 bridgehead atoms. The van der Waals surface area contributed by atoms with Crippen molar-refractivity contribution in [3.8, 4) is 0 Å². The van der Waals surface area contributed by atoms with Gasteiger partial charge in [-0.05, 0) is 18.9 Å². The van der Waals surface area contributed by atoms with Crippen molar-refractivity contribution in [1.29, 1.82) is 0 Å². The van der Waals surface area contributed by atoms with Crippen molar-refractivity contribution >= 4 is 22.9 Å². The standard InChI is InChI=1S/C15H24N4O2.BrH/c1-18-13(6-7-16-18)10-19-8-9-21-14(11-19)15(20)17-12-4-2-3-5-12;/h6-7,12,14H,2-5,8-11H2,1H3,(H,17,20);1H. The second-order valence-corrected chi connectivity index (χ2v) is 6.03. The zero-order valence-electron chi connectivity index (χ0n) is 13.0. The maximum Gasteiger partial charge on any atom is 0.250 e. The van der Waals surface area contributed by atoms with Crippen LogP contribution in [0.1, 0.15) is 31.4 Å². The summed E-state index contributed by atoms with van der Waals surface area (Å²) in [6, 6.07) is 2.37. The van der Waals surface area contributed by atoms with Crippen molar-refractivity contribution in [2.24, 2.45) is 7.05 Å². The molecule has 1 saturated carbocycles. The number of hydrogen-bond donors (Lipinski definition) is 1. The van der Waals surface area contributed by atoms with E-state index in [-0.39, 0.29) is 29.0 Å². The third kappa shape index (κ3) is 4.30. The number of rotatable bonds is 4. The molecule has 1 saturated heterocycles. The molecule has 7 heteroatoms. The number of aryl methyl sites for hydroxylation is 1. The van der Waals surface area contributed by atoms with Crippen molar-refractivity contribution in [1.82, 2.24) is 20.0 Å². The molecule has 2 aliphatic rings. The number of nitrogens with zero attached hydrogens (tertiary/aromatic N) is 3. The Bertz CT molecular complexity index is 488. The van der Waals surface area contributed by atoms with Crippen LogP contribution < -0.4 is 5.32 Å². The molecule has 1 aliphatic heterocycles. The van der Waals surface area contributed by atoms with Crippen molar-refractivity contribution in [3.63, 3.8) is 0 Å². The third-order valence-corrected chi connectivity index (χ3v) is 4.45. The van der Waals surface area contributed by atoms with Gasteiger partial charge < -0.3 is 10.1 Å². The Morgan fingerprint density at radius 1 is 1.45 bits per heavy atom. The number of halogens is 1. The fraction of sp³-hybridized carbons (Fsp3) is 0.733. The molecule has 0 radical (unpaired) electrons. The van der Waals surface area contributed by atoms with Crippen molar-refractivity contribution in [2.45, 2.75) is 44.4 Å². The van der Waals surface area contributed by atoms with Gasteiger partial charge in [0.2, 0.25) is 0 Å². The van der Waals surface area contributed by atoms with Gasteiger partial charge in [-0.1, -0.05) is 12.8 Å². The SMILES string of the molecule is Br.Cn1nccc1CN1CCOC(C(=O)NC2CCCC2)C1. The molecule has 6 nitrogen and oxygen atoms in total. The van der Waals surface area contributed by atoms with Gasteiger partial charge in [0.15, 0.2) is 0 Å². The lowest BCUT2D eigenvalue weighted by molar-refractivity contribution is -0.139. The number of carbonyl (C=O) groups is 1. The summed E-state index contributed by atoms with van der Waals surface area (Å²) >= 11 is 0. The molecule has 1 amide bonds. The Kier molecular flexibility index (Phi) is 6.40. The lowest BCUT2D eigenvalue weighted by Crippen LogP contribution is -2.51. The lowest BCUT2D eigenvalue weighted by atomic mass is 10.2. The Morgan fingerprint density at radius 3 is 2.91 bits per heavy atom. The maximum atomic E-state index is 12.3. The molecular weight excluding hydrogens is 348 g/mol. The van der Waals surface area contributed by atoms with Gasteiger partial charge in [0.05, 0.1) is 12.3 Å². The maximum absolute atomic E-state index is 12.3. The molecule has 22 heavy (non-hydrogen) atoms. The highest BCUT2D eigenvalue weighted by atomic mass is 79.9. The van der Waals surface area contributed by atoms with Gasteiger partial charge >= 0.3 is 0 Å². The molecule has 1 aromatic heterocycles. The molecule has 2 fully saturated rings. The summed E-state index contributed by atoms with van der Waals surface area (Å²) in [4.78, 5) is 14.6. The summed E-state index contributed by atoms with van der Waals surface area (Å²) in [6.07, 6.45) is 6.13. The van der Waals surface area contributed by atoms with E-state index in [1.54, 1.807) is 6.20 Å². The highest BCUT2D eigenvalue weighted by molar-refractivity contribution is 8.93. The molecule has 1 aromatic rings. The van der Waals surface area contributed by atoms with E-state index in [0.29, 0.717) is 19.2 Å². The van der Waals surface area contributed by atoms with Gasteiger partial charge in [-0.2, -0.15) is 5.10 Å². The van der Waals surface area contributed by atoms with Crippen LogP contribution in [0.2, 0.25) is 0 Å². The number of hydrogen-bond acceptors (Lipinski definition) is 4. The van der Waals surface area contributed by atoms with Crippen molar-refractivity contribution in [3.05, 3.63) is 18.0 Å². The highest BCUT2D eigenvalue weighted by Gasteiger charge is 2.29. The van der Waals surface area contributed by atoms with E-state index in [9.17, 15) is 4.79 Å². The number of aromatic nitrogens is 2. The fourth-order valence-corrected chi connectivity index (χ4v) is 3.15. The van der Waals surface area contributed by atoms with Gasteiger partial charge in [-0.3, -0.25) is 14.4 Å². The summed E-state index contributed by atoms with van der Waals surface area (Å²) in [5.74, 6) is 0.0524. The van der Waals surface area contributed by atoms with Crippen molar-refractivity contribution < 1.29 is 9.53 Å². The second kappa shape index (κ2) is 8.08. The van der Waals surface area contributed by atoms with E-state index in [2.05, 4.69) is 15.3 Å². The molecule has 1 atom stereocenters. The Labute approximate surface area is 142 Å². The van der Waals surface area contributed by atoms with Crippen LogP contribution in [0.5, 0.6) is 0 Å². The van der Waals surface area contributed by atoms with Crippen LogP contribution in [0, 0.1) is 0 Å².